The van der Waals surface area contributed by atoms with Crippen LogP contribution in [0.4, 0.5) is 0 Å². The molecule has 0 spiro atoms. The second-order valence-electron chi connectivity index (χ2n) is 5.04. The average Bonchev–Trinajstić information content (AvgIpc) is 2.41. The standard InChI is InChI=1S/C12H16BrClN2O4S/c1-16(8-12(17)2-4-20-5-3-12)21(18,19)10-6-9(13)7-15-11(10)14/h6-7,17H,2-5,8H2,1H3. The predicted octanol–water partition coefficient (Wildman–Crippen LogP) is 1.66. The van der Waals surface area contributed by atoms with Crippen molar-refractivity contribution in [2.45, 2.75) is 23.3 Å². The summed E-state index contributed by atoms with van der Waals surface area (Å²) < 4.78 is 31.9. The molecule has 1 aromatic rings. The van der Waals surface area contributed by atoms with Crippen LogP contribution in [-0.2, 0) is 14.8 Å². The van der Waals surface area contributed by atoms with Crippen molar-refractivity contribution in [3.63, 3.8) is 0 Å². The van der Waals surface area contributed by atoms with Gasteiger partial charge in [0.05, 0.1) is 5.60 Å². The number of rotatable bonds is 4. The quantitative estimate of drug-likeness (QED) is 0.779. The molecule has 0 atom stereocenters. The van der Waals surface area contributed by atoms with Gasteiger partial charge >= 0.3 is 0 Å². The van der Waals surface area contributed by atoms with Gasteiger partial charge in [0.2, 0.25) is 10.0 Å². The normalized spacial score (nSPS) is 18.9. The molecule has 0 aromatic carbocycles. The average molecular weight is 400 g/mol. The third-order valence-electron chi connectivity index (χ3n) is 3.40. The Bertz CT molecular complexity index is 620. The van der Waals surface area contributed by atoms with E-state index < -0.39 is 15.6 Å². The van der Waals surface area contributed by atoms with Gasteiger partial charge in [0.1, 0.15) is 10.0 Å². The van der Waals surface area contributed by atoms with Crippen molar-refractivity contribution in [2.75, 3.05) is 26.8 Å². The molecule has 1 N–H and O–H groups in total. The minimum Gasteiger partial charge on any atom is -0.388 e. The molecule has 0 saturated carbocycles. The SMILES string of the molecule is CN(CC1(O)CCOCC1)S(=O)(=O)c1cc(Br)cnc1Cl. The number of hydrogen-bond acceptors (Lipinski definition) is 5. The van der Waals surface area contributed by atoms with Crippen LogP contribution in [0.2, 0.25) is 5.15 Å². The molecular weight excluding hydrogens is 384 g/mol. The molecule has 1 aromatic heterocycles. The van der Waals surface area contributed by atoms with Crippen molar-refractivity contribution in [3.8, 4) is 0 Å². The van der Waals surface area contributed by atoms with Crippen LogP contribution < -0.4 is 0 Å². The molecule has 9 heteroatoms. The van der Waals surface area contributed by atoms with Crippen LogP contribution in [0, 0.1) is 0 Å². The maximum atomic E-state index is 12.6. The Balaban J connectivity index is 2.24. The minimum atomic E-state index is -3.82. The first-order chi connectivity index (χ1) is 9.74. The second kappa shape index (κ2) is 6.47. The molecule has 1 fully saturated rings. The maximum absolute atomic E-state index is 12.6. The summed E-state index contributed by atoms with van der Waals surface area (Å²) in [6.45, 7) is 0.828. The highest BCUT2D eigenvalue weighted by Gasteiger charge is 2.35. The predicted molar refractivity (Wildman–Crippen MR) is 81.8 cm³/mol. The molecule has 1 saturated heterocycles. The van der Waals surface area contributed by atoms with Crippen LogP contribution >= 0.6 is 27.5 Å². The van der Waals surface area contributed by atoms with Gasteiger partial charge in [0, 0.05) is 50.3 Å². The van der Waals surface area contributed by atoms with E-state index in [4.69, 9.17) is 16.3 Å². The molecule has 1 aliphatic rings. The second-order valence-corrected chi connectivity index (χ2v) is 8.33. The summed E-state index contributed by atoms with van der Waals surface area (Å²) in [4.78, 5) is 3.74. The van der Waals surface area contributed by atoms with Gasteiger partial charge in [0.25, 0.3) is 0 Å². The Morgan fingerprint density at radius 2 is 2.14 bits per heavy atom. The third kappa shape index (κ3) is 3.94. The van der Waals surface area contributed by atoms with E-state index in [1.54, 1.807) is 0 Å². The highest BCUT2D eigenvalue weighted by molar-refractivity contribution is 9.10. The number of nitrogens with zero attached hydrogens (tertiary/aromatic N) is 2. The number of aromatic nitrogens is 1. The highest BCUT2D eigenvalue weighted by Crippen LogP contribution is 2.28. The molecule has 21 heavy (non-hydrogen) atoms. The van der Waals surface area contributed by atoms with Crippen LogP contribution in [0.1, 0.15) is 12.8 Å². The van der Waals surface area contributed by atoms with Crippen LogP contribution in [0.5, 0.6) is 0 Å². The van der Waals surface area contributed by atoms with Gasteiger partial charge in [-0.15, -0.1) is 0 Å². The van der Waals surface area contributed by atoms with Crippen LogP contribution in [0.3, 0.4) is 0 Å². The molecule has 6 nitrogen and oxygen atoms in total. The molecular formula is C12H16BrClN2O4S. The smallest absolute Gasteiger partial charge is 0.246 e. The van der Waals surface area contributed by atoms with E-state index in [1.165, 1.54) is 19.3 Å². The number of pyridine rings is 1. The Labute approximate surface area is 137 Å². The Morgan fingerprint density at radius 1 is 1.52 bits per heavy atom. The van der Waals surface area contributed by atoms with Gasteiger partial charge in [-0.05, 0) is 22.0 Å². The summed E-state index contributed by atoms with van der Waals surface area (Å²) in [5.74, 6) is 0. The lowest BCUT2D eigenvalue weighted by molar-refractivity contribution is -0.0689. The van der Waals surface area contributed by atoms with E-state index in [0.717, 1.165) is 4.31 Å². The van der Waals surface area contributed by atoms with Crippen molar-refractivity contribution in [1.29, 1.82) is 0 Å². The lowest BCUT2D eigenvalue weighted by atomic mass is 9.95. The van der Waals surface area contributed by atoms with Crippen molar-refractivity contribution < 1.29 is 18.3 Å². The summed E-state index contributed by atoms with van der Waals surface area (Å²) in [7, 11) is -2.40. The number of aliphatic hydroxyl groups is 1. The fourth-order valence-electron chi connectivity index (χ4n) is 2.16. The van der Waals surface area contributed by atoms with Crippen molar-refractivity contribution in [3.05, 3.63) is 21.9 Å². The maximum Gasteiger partial charge on any atom is 0.246 e. The Kier molecular flexibility index (Phi) is 5.27. The van der Waals surface area contributed by atoms with E-state index in [9.17, 15) is 13.5 Å². The van der Waals surface area contributed by atoms with Gasteiger partial charge in [-0.2, -0.15) is 4.31 Å². The molecule has 0 bridgehead atoms. The molecule has 0 unspecified atom stereocenters. The summed E-state index contributed by atoms with van der Waals surface area (Å²) >= 11 is 9.06. The minimum absolute atomic E-state index is 0.0124. The lowest BCUT2D eigenvalue weighted by Gasteiger charge is -2.35. The van der Waals surface area contributed by atoms with Crippen LogP contribution in [0.25, 0.3) is 0 Å². The lowest BCUT2D eigenvalue weighted by Crippen LogP contribution is -2.47. The molecule has 0 radical (unpaired) electrons. The third-order valence-corrected chi connectivity index (χ3v) is 6.07. The van der Waals surface area contributed by atoms with Crippen molar-refractivity contribution in [1.82, 2.24) is 9.29 Å². The van der Waals surface area contributed by atoms with Gasteiger partial charge in [-0.3, -0.25) is 0 Å². The summed E-state index contributed by atoms with van der Waals surface area (Å²) in [6.07, 6.45) is 2.22. The molecule has 1 aliphatic heterocycles. The Morgan fingerprint density at radius 3 is 2.76 bits per heavy atom. The van der Waals surface area contributed by atoms with Gasteiger partial charge in [-0.25, -0.2) is 13.4 Å². The highest BCUT2D eigenvalue weighted by atomic mass is 79.9. The zero-order valence-corrected chi connectivity index (χ0v) is 14.6. The molecule has 0 amide bonds. The van der Waals surface area contributed by atoms with Crippen molar-refractivity contribution >= 4 is 37.6 Å². The number of likely N-dealkylation sites (N-methyl/N-ethyl adjacent to an activating group) is 1. The zero-order chi connectivity index (χ0) is 15.7. The molecule has 2 rings (SSSR count). The number of hydrogen-bond donors (Lipinski definition) is 1. The van der Waals surface area contributed by atoms with Crippen molar-refractivity contribution in [2.24, 2.45) is 0 Å². The summed E-state index contributed by atoms with van der Waals surface area (Å²) in [5, 5.41) is 10.3. The van der Waals surface area contributed by atoms with E-state index >= 15 is 0 Å². The van der Waals surface area contributed by atoms with Gasteiger partial charge < -0.3 is 9.84 Å². The van der Waals surface area contributed by atoms with Gasteiger partial charge in [-0.1, -0.05) is 11.6 Å². The first kappa shape index (κ1) is 17.1. The van der Waals surface area contributed by atoms with E-state index in [1.807, 2.05) is 0 Å². The number of sulfonamides is 1. The van der Waals surface area contributed by atoms with Crippen LogP contribution in [0.15, 0.2) is 21.6 Å². The Hall–Kier alpha value is -0.250. The fraction of sp³-hybridized carbons (Fsp3) is 0.583. The van der Waals surface area contributed by atoms with Gasteiger partial charge in [0.15, 0.2) is 0 Å². The number of halogens is 2. The topological polar surface area (TPSA) is 79.7 Å². The largest absolute Gasteiger partial charge is 0.388 e. The summed E-state index contributed by atoms with van der Waals surface area (Å²) in [5.41, 5.74) is -1.08. The monoisotopic (exact) mass is 398 g/mol. The van der Waals surface area contributed by atoms with E-state index in [2.05, 4.69) is 20.9 Å². The molecule has 118 valence electrons. The van der Waals surface area contributed by atoms with Crippen LogP contribution in [-0.4, -0.2) is 55.2 Å². The summed E-state index contributed by atoms with van der Waals surface area (Å²) in [6, 6.07) is 1.40. The fourth-order valence-corrected chi connectivity index (χ4v) is 4.33. The molecule has 2 heterocycles. The first-order valence-electron chi connectivity index (χ1n) is 6.32. The zero-order valence-electron chi connectivity index (χ0n) is 11.4. The van der Waals surface area contributed by atoms with E-state index in [0.29, 0.717) is 30.5 Å². The number of ether oxygens (including phenoxy) is 1. The first-order valence-corrected chi connectivity index (χ1v) is 8.93. The van der Waals surface area contributed by atoms with E-state index in [-0.39, 0.29) is 16.6 Å². The molecule has 0 aliphatic carbocycles.